The molecule has 19 heavy (non-hydrogen) atoms. The minimum absolute atomic E-state index is 0.00273. The molecule has 102 valence electrons. The van der Waals surface area contributed by atoms with Gasteiger partial charge in [-0.05, 0) is 25.0 Å². The normalized spacial score (nSPS) is 25.4. The number of rotatable bonds is 2. The number of amides is 1. The van der Waals surface area contributed by atoms with Crippen LogP contribution in [0.25, 0.3) is 0 Å². The molecule has 1 aromatic rings. The molecule has 2 saturated heterocycles. The predicted octanol–water partition coefficient (Wildman–Crippen LogP) is 1.28. The van der Waals surface area contributed by atoms with Gasteiger partial charge in [0.25, 0.3) is 5.91 Å². The largest absolute Gasteiger partial charge is 0.496 e. The zero-order valence-electron chi connectivity index (χ0n) is 11.0. The molecule has 0 radical (unpaired) electrons. The van der Waals surface area contributed by atoms with Crippen LogP contribution in [0.3, 0.4) is 0 Å². The van der Waals surface area contributed by atoms with Crippen LogP contribution in [0.1, 0.15) is 23.2 Å². The maximum absolute atomic E-state index is 12.6. The Balaban J connectivity index is 1.84. The molecule has 0 spiro atoms. The van der Waals surface area contributed by atoms with Crippen LogP contribution in [0.5, 0.6) is 5.75 Å². The van der Waals surface area contributed by atoms with Crippen molar-refractivity contribution < 1.29 is 14.3 Å². The Morgan fingerprint density at radius 3 is 2.68 bits per heavy atom. The van der Waals surface area contributed by atoms with E-state index in [0.29, 0.717) is 30.1 Å². The highest BCUT2D eigenvalue weighted by atomic mass is 16.5. The van der Waals surface area contributed by atoms with E-state index < -0.39 is 0 Å². The number of methoxy groups -OCH3 is 1. The van der Waals surface area contributed by atoms with Gasteiger partial charge >= 0.3 is 0 Å². The van der Waals surface area contributed by atoms with Crippen molar-refractivity contribution in [1.82, 2.24) is 4.90 Å². The van der Waals surface area contributed by atoms with Crippen molar-refractivity contribution in [2.75, 3.05) is 25.9 Å². The smallest absolute Gasteiger partial charge is 0.257 e. The van der Waals surface area contributed by atoms with E-state index >= 15 is 0 Å². The van der Waals surface area contributed by atoms with Gasteiger partial charge in [0, 0.05) is 24.8 Å². The Labute approximate surface area is 112 Å². The molecule has 5 heteroatoms. The Morgan fingerprint density at radius 2 is 2.05 bits per heavy atom. The number of nitrogen functional groups attached to an aromatic ring is 1. The summed E-state index contributed by atoms with van der Waals surface area (Å²) >= 11 is 0. The highest BCUT2D eigenvalue weighted by molar-refractivity contribution is 5.97. The Morgan fingerprint density at radius 1 is 1.37 bits per heavy atom. The van der Waals surface area contributed by atoms with Crippen molar-refractivity contribution >= 4 is 11.6 Å². The number of nitrogens with zero attached hydrogens (tertiary/aromatic N) is 1. The molecular weight excluding hydrogens is 244 g/mol. The number of ether oxygens (including phenoxy) is 2. The van der Waals surface area contributed by atoms with E-state index in [4.69, 9.17) is 15.2 Å². The van der Waals surface area contributed by atoms with E-state index in [1.807, 2.05) is 4.90 Å². The van der Waals surface area contributed by atoms with Crippen LogP contribution in [0.15, 0.2) is 18.2 Å². The lowest BCUT2D eigenvalue weighted by Crippen LogP contribution is -2.45. The van der Waals surface area contributed by atoms with Gasteiger partial charge in [-0.3, -0.25) is 4.79 Å². The van der Waals surface area contributed by atoms with Gasteiger partial charge in [-0.25, -0.2) is 0 Å². The van der Waals surface area contributed by atoms with Crippen LogP contribution in [0.2, 0.25) is 0 Å². The van der Waals surface area contributed by atoms with Gasteiger partial charge in [0.2, 0.25) is 0 Å². The van der Waals surface area contributed by atoms with Crippen LogP contribution in [-0.2, 0) is 4.74 Å². The van der Waals surface area contributed by atoms with E-state index in [1.54, 1.807) is 25.3 Å². The fourth-order valence-corrected chi connectivity index (χ4v) is 2.84. The molecule has 0 aromatic heterocycles. The van der Waals surface area contributed by atoms with E-state index in [9.17, 15) is 4.79 Å². The number of morpholine rings is 1. The molecule has 1 aromatic carbocycles. The summed E-state index contributed by atoms with van der Waals surface area (Å²) in [4.78, 5) is 14.4. The number of likely N-dealkylation sites (tertiary alicyclic amines) is 1. The molecule has 2 heterocycles. The van der Waals surface area contributed by atoms with Gasteiger partial charge < -0.3 is 20.1 Å². The molecule has 2 aliphatic rings. The second-order valence-electron chi connectivity index (χ2n) is 5.13. The molecular formula is C14H18N2O3. The van der Waals surface area contributed by atoms with Crippen molar-refractivity contribution in [3.63, 3.8) is 0 Å². The summed E-state index contributed by atoms with van der Waals surface area (Å²) in [5, 5.41) is 0. The topological polar surface area (TPSA) is 64.8 Å². The van der Waals surface area contributed by atoms with Crippen molar-refractivity contribution in [3.05, 3.63) is 23.8 Å². The fraction of sp³-hybridized carbons (Fsp3) is 0.500. The molecule has 3 rings (SSSR count). The minimum atomic E-state index is -0.00273. The third-order valence-electron chi connectivity index (χ3n) is 3.79. The van der Waals surface area contributed by atoms with Crippen molar-refractivity contribution in [2.45, 2.75) is 25.0 Å². The standard InChI is InChI=1S/C14H18N2O3/c1-18-13-6-9(15)2-5-12(13)14(17)16-7-10-3-4-11(8-16)19-10/h2,5-6,10-11H,3-4,7-8,15H2,1H3. The first kappa shape index (κ1) is 12.3. The molecule has 2 atom stereocenters. The summed E-state index contributed by atoms with van der Waals surface area (Å²) in [5.74, 6) is 0.529. The van der Waals surface area contributed by atoms with Gasteiger partial charge in [0.1, 0.15) is 5.75 Å². The number of nitrogens with two attached hydrogens (primary N) is 1. The maximum Gasteiger partial charge on any atom is 0.257 e. The SMILES string of the molecule is COc1cc(N)ccc1C(=O)N1CC2CCC(C1)O2. The first-order valence-electron chi connectivity index (χ1n) is 6.55. The number of benzene rings is 1. The number of hydrogen-bond acceptors (Lipinski definition) is 4. The summed E-state index contributed by atoms with van der Waals surface area (Å²) < 4.78 is 11.0. The fourth-order valence-electron chi connectivity index (χ4n) is 2.84. The quantitative estimate of drug-likeness (QED) is 0.815. The number of hydrogen-bond donors (Lipinski definition) is 1. The van der Waals surface area contributed by atoms with Gasteiger partial charge in [0.15, 0.2) is 0 Å². The van der Waals surface area contributed by atoms with E-state index in [-0.39, 0.29) is 18.1 Å². The zero-order chi connectivity index (χ0) is 13.4. The van der Waals surface area contributed by atoms with Crippen molar-refractivity contribution in [1.29, 1.82) is 0 Å². The van der Waals surface area contributed by atoms with Crippen molar-refractivity contribution in [2.24, 2.45) is 0 Å². The highest BCUT2D eigenvalue weighted by Crippen LogP contribution is 2.29. The monoisotopic (exact) mass is 262 g/mol. The molecule has 2 fully saturated rings. The molecule has 0 saturated carbocycles. The molecule has 2 unspecified atom stereocenters. The first-order chi connectivity index (χ1) is 9.17. The van der Waals surface area contributed by atoms with Crippen LogP contribution < -0.4 is 10.5 Å². The second kappa shape index (κ2) is 4.74. The lowest BCUT2D eigenvalue weighted by molar-refractivity contribution is -0.0304. The van der Waals surface area contributed by atoms with Gasteiger partial charge in [-0.1, -0.05) is 0 Å². The Bertz CT molecular complexity index is 491. The summed E-state index contributed by atoms with van der Waals surface area (Å²) in [6, 6.07) is 5.14. The average Bonchev–Trinajstić information content (AvgIpc) is 2.76. The highest BCUT2D eigenvalue weighted by Gasteiger charge is 2.36. The molecule has 5 nitrogen and oxygen atoms in total. The number of anilines is 1. The Kier molecular flexibility index (Phi) is 3.06. The van der Waals surface area contributed by atoms with Crippen LogP contribution >= 0.6 is 0 Å². The summed E-state index contributed by atoms with van der Waals surface area (Å²) in [6.07, 6.45) is 2.49. The zero-order valence-corrected chi connectivity index (χ0v) is 11.0. The van der Waals surface area contributed by atoms with Crippen LogP contribution in [-0.4, -0.2) is 43.2 Å². The summed E-state index contributed by atoms with van der Waals surface area (Å²) in [5.41, 5.74) is 6.87. The number of carbonyl (C=O) groups is 1. The molecule has 0 aliphatic carbocycles. The third kappa shape index (κ3) is 2.26. The Hall–Kier alpha value is -1.75. The maximum atomic E-state index is 12.6. The molecule has 2 N–H and O–H groups in total. The van der Waals surface area contributed by atoms with Gasteiger partial charge in [0.05, 0.1) is 24.9 Å². The van der Waals surface area contributed by atoms with Crippen molar-refractivity contribution in [3.8, 4) is 5.75 Å². The molecule has 2 bridgehead atoms. The third-order valence-corrected chi connectivity index (χ3v) is 3.79. The summed E-state index contributed by atoms with van der Waals surface area (Å²) in [6.45, 7) is 1.34. The minimum Gasteiger partial charge on any atom is -0.496 e. The average molecular weight is 262 g/mol. The first-order valence-corrected chi connectivity index (χ1v) is 6.55. The van der Waals surface area contributed by atoms with Gasteiger partial charge in [-0.15, -0.1) is 0 Å². The van der Waals surface area contributed by atoms with Crippen LogP contribution in [0.4, 0.5) is 5.69 Å². The lowest BCUT2D eigenvalue weighted by Gasteiger charge is -2.32. The van der Waals surface area contributed by atoms with Crippen LogP contribution in [0, 0.1) is 0 Å². The second-order valence-corrected chi connectivity index (χ2v) is 5.13. The van der Waals surface area contributed by atoms with Gasteiger partial charge in [-0.2, -0.15) is 0 Å². The predicted molar refractivity (Wildman–Crippen MR) is 71.2 cm³/mol. The van der Waals surface area contributed by atoms with E-state index in [0.717, 1.165) is 12.8 Å². The van der Waals surface area contributed by atoms with E-state index in [1.165, 1.54) is 0 Å². The molecule has 1 amide bonds. The summed E-state index contributed by atoms with van der Waals surface area (Å²) in [7, 11) is 1.55. The molecule has 2 aliphatic heterocycles. The van der Waals surface area contributed by atoms with E-state index in [2.05, 4.69) is 0 Å². The number of fused-ring (bicyclic) bond motifs is 2. The number of carbonyl (C=O) groups excluding carboxylic acids is 1. The lowest BCUT2D eigenvalue weighted by atomic mass is 10.1.